The highest BCUT2D eigenvalue weighted by atomic mass is 16.5. The summed E-state index contributed by atoms with van der Waals surface area (Å²) in [5, 5.41) is 0. The minimum atomic E-state index is 0.599. The lowest BCUT2D eigenvalue weighted by molar-refractivity contribution is 0.198. The largest absolute Gasteiger partial charge is 0.492 e. The summed E-state index contributed by atoms with van der Waals surface area (Å²) in [5.41, 5.74) is 2.63. The van der Waals surface area contributed by atoms with Gasteiger partial charge in [0, 0.05) is 6.04 Å². The highest BCUT2D eigenvalue weighted by molar-refractivity contribution is 5.33. The maximum absolute atomic E-state index is 5.85. The maximum Gasteiger partial charge on any atom is 0.119 e. The van der Waals surface area contributed by atoms with E-state index < -0.39 is 0 Å². The van der Waals surface area contributed by atoms with Crippen molar-refractivity contribution in [3.8, 4) is 5.75 Å². The van der Waals surface area contributed by atoms with Crippen molar-refractivity contribution in [1.29, 1.82) is 0 Å². The summed E-state index contributed by atoms with van der Waals surface area (Å²) >= 11 is 0. The van der Waals surface area contributed by atoms with Crippen LogP contribution in [0.15, 0.2) is 18.2 Å². The first-order chi connectivity index (χ1) is 7.66. The van der Waals surface area contributed by atoms with Gasteiger partial charge in [0.15, 0.2) is 0 Å². The van der Waals surface area contributed by atoms with Gasteiger partial charge in [0.2, 0.25) is 0 Å². The number of nitrogens with zero attached hydrogens (tertiary/aromatic N) is 1. The van der Waals surface area contributed by atoms with E-state index in [2.05, 4.69) is 44.0 Å². The molecule has 0 spiro atoms. The van der Waals surface area contributed by atoms with Crippen LogP contribution >= 0.6 is 0 Å². The van der Waals surface area contributed by atoms with Gasteiger partial charge in [-0.1, -0.05) is 6.07 Å². The van der Waals surface area contributed by atoms with Gasteiger partial charge in [-0.05, 0) is 63.5 Å². The molecule has 1 aromatic carbocycles. The molecule has 2 heteroatoms. The molecule has 1 aromatic rings. The predicted octanol–water partition coefficient (Wildman–Crippen LogP) is 2.78. The van der Waals surface area contributed by atoms with E-state index in [1.165, 1.54) is 30.5 Å². The third-order valence-corrected chi connectivity index (χ3v) is 3.59. The lowest BCUT2D eigenvalue weighted by Crippen LogP contribution is -2.30. The predicted molar refractivity (Wildman–Crippen MR) is 67.1 cm³/mol. The van der Waals surface area contributed by atoms with Crippen LogP contribution in [0.5, 0.6) is 5.75 Å². The van der Waals surface area contributed by atoms with Crippen molar-refractivity contribution in [2.75, 3.05) is 20.2 Å². The minimum Gasteiger partial charge on any atom is -0.492 e. The summed E-state index contributed by atoms with van der Waals surface area (Å²) in [6, 6.07) is 6.92. The smallest absolute Gasteiger partial charge is 0.119 e. The van der Waals surface area contributed by atoms with Crippen molar-refractivity contribution in [2.45, 2.75) is 32.7 Å². The molecule has 1 atom stereocenters. The Hall–Kier alpha value is -1.02. The molecule has 2 nitrogen and oxygen atoms in total. The van der Waals surface area contributed by atoms with E-state index >= 15 is 0 Å². The van der Waals surface area contributed by atoms with Crippen LogP contribution in [0, 0.1) is 13.8 Å². The second-order valence-electron chi connectivity index (χ2n) is 4.83. The van der Waals surface area contributed by atoms with Crippen LogP contribution in [0.4, 0.5) is 0 Å². The molecular weight excluding hydrogens is 198 g/mol. The van der Waals surface area contributed by atoms with Crippen LogP contribution in [0.25, 0.3) is 0 Å². The zero-order chi connectivity index (χ0) is 11.5. The quantitative estimate of drug-likeness (QED) is 0.775. The van der Waals surface area contributed by atoms with E-state index in [0.29, 0.717) is 6.04 Å². The number of rotatable bonds is 3. The van der Waals surface area contributed by atoms with E-state index in [4.69, 9.17) is 4.74 Å². The number of likely N-dealkylation sites (tertiary alicyclic amines) is 1. The lowest BCUT2D eigenvalue weighted by Gasteiger charge is -2.19. The number of hydrogen-bond acceptors (Lipinski definition) is 2. The van der Waals surface area contributed by atoms with E-state index in [1.807, 2.05) is 0 Å². The van der Waals surface area contributed by atoms with E-state index in [-0.39, 0.29) is 0 Å². The first kappa shape index (κ1) is 11.5. The molecule has 1 fully saturated rings. The topological polar surface area (TPSA) is 12.5 Å². The molecule has 0 amide bonds. The van der Waals surface area contributed by atoms with Crippen molar-refractivity contribution in [2.24, 2.45) is 0 Å². The highest BCUT2D eigenvalue weighted by Gasteiger charge is 2.21. The normalized spacial score (nSPS) is 21.3. The summed E-state index contributed by atoms with van der Waals surface area (Å²) < 4.78 is 5.85. The molecule has 1 saturated heterocycles. The Morgan fingerprint density at radius 3 is 2.75 bits per heavy atom. The van der Waals surface area contributed by atoms with Crippen LogP contribution in [0.3, 0.4) is 0 Å². The fourth-order valence-electron chi connectivity index (χ4n) is 2.19. The summed E-state index contributed by atoms with van der Waals surface area (Å²) in [6.07, 6.45) is 2.57. The zero-order valence-corrected chi connectivity index (χ0v) is 10.5. The summed E-state index contributed by atoms with van der Waals surface area (Å²) in [4.78, 5) is 2.39. The molecule has 0 bridgehead atoms. The third kappa shape index (κ3) is 2.56. The van der Waals surface area contributed by atoms with Crippen molar-refractivity contribution in [3.05, 3.63) is 29.3 Å². The molecule has 88 valence electrons. The van der Waals surface area contributed by atoms with Gasteiger partial charge < -0.3 is 9.64 Å². The molecule has 1 heterocycles. The van der Waals surface area contributed by atoms with Crippen LogP contribution in [-0.2, 0) is 0 Å². The molecule has 1 aliphatic rings. The molecule has 2 rings (SSSR count). The van der Waals surface area contributed by atoms with Crippen molar-refractivity contribution >= 4 is 0 Å². The monoisotopic (exact) mass is 219 g/mol. The molecule has 1 aliphatic heterocycles. The molecule has 16 heavy (non-hydrogen) atoms. The highest BCUT2D eigenvalue weighted by Crippen LogP contribution is 2.19. The van der Waals surface area contributed by atoms with Crippen molar-refractivity contribution in [1.82, 2.24) is 4.90 Å². The molecule has 0 N–H and O–H groups in total. The summed E-state index contributed by atoms with van der Waals surface area (Å²) in [5.74, 6) is 1.00. The molecule has 0 saturated carbocycles. The third-order valence-electron chi connectivity index (χ3n) is 3.59. The molecule has 1 unspecified atom stereocenters. The van der Waals surface area contributed by atoms with Crippen LogP contribution in [-0.4, -0.2) is 31.1 Å². The Morgan fingerprint density at radius 1 is 1.31 bits per heavy atom. The van der Waals surface area contributed by atoms with Crippen molar-refractivity contribution in [3.63, 3.8) is 0 Å². The molecule has 0 aliphatic carbocycles. The molecule has 0 radical (unpaired) electrons. The van der Waals surface area contributed by atoms with E-state index in [1.54, 1.807) is 0 Å². The number of aryl methyl sites for hydroxylation is 2. The minimum absolute atomic E-state index is 0.599. The van der Waals surface area contributed by atoms with Crippen LogP contribution in [0.1, 0.15) is 24.0 Å². The van der Waals surface area contributed by atoms with Gasteiger partial charge in [-0.3, -0.25) is 0 Å². The Bertz CT molecular complexity index is 362. The van der Waals surface area contributed by atoms with Crippen molar-refractivity contribution < 1.29 is 4.74 Å². The Labute approximate surface area is 98.2 Å². The number of likely N-dealkylation sites (N-methyl/N-ethyl adjacent to an activating group) is 1. The van der Waals surface area contributed by atoms with Gasteiger partial charge in [0.1, 0.15) is 12.4 Å². The number of ether oxygens (including phenoxy) is 1. The average molecular weight is 219 g/mol. The second kappa shape index (κ2) is 4.88. The standard InChI is InChI=1S/C14H21NO/c1-11-6-7-14(9-12(11)2)16-10-13-5-4-8-15(13)3/h6-7,9,13H,4-5,8,10H2,1-3H3. The van der Waals surface area contributed by atoms with Gasteiger partial charge in [0.25, 0.3) is 0 Å². The Morgan fingerprint density at radius 2 is 2.12 bits per heavy atom. The van der Waals surface area contributed by atoms with Gasteiger partial charge in [-0.2, -0.15) is 0 Å². The summed E-state index contributed by atoms with van der Waals surface area (Å²) in [6.45, 7) is 6.29. The number of hydrogen-bond donors (Lipinski definition) is 0. The summed E-state index contributed by atoms with van der Waals surface area (Å²) in [7, 11) is 2.18. The van der Waals surface area contributed by atoms with Crippen LogP contribution in [0.2, 0.25) is 0 Å². The van der Waals surface area contributed by atoms with Gasteiger partial charge in [0.05, 0.1) is 0 Å². The zero-order valence-electron chi connectivity index (χ0n) is 10.5. The average Bonchev–Trinajstić information content (AvgIpc) is 2.66. The fourth-order valence-corrected chi connectivity index (χ4v) is 2.19. The van der Waals surface area contributed by atoms with E-state index in [0.717, 1.165) is 12.4 Å². The van der Waals surface area contributed by atoms with E-state index in [9.17, 15) is 0 Å². The number of benzene rings is 1. The SMILES string of the molecule is Cc1ccc(OCC2CCCN2C)cc1C. The first-order valence-electron chi connectivity index (χ1n) is 6.07. The lowest BCUT2D eigenvalue weighted by atomic mass is 10.1. The second-order valence-corrected chi connectivity index (χ2v) is 4.83. The Kier molecular flexibility index (Phi) is 3.49. The van der Waals surface area contributed by atoms with Gasteiger partial charge in [-0.25, -0.2) is 0 Å². The fraction of sp³-hybridized carbons (Fsp3) is 0.571. The Balaban J connectivity index is 1.91. The first-order valence-corrected chi connectivity index (χ1v) is 6.07. The maximum atomic E-state index is 5.85. The van der Waals surface area contributed by atoms with Gasteiger partial charge >= 0.3 is 0 Å². The van der Waals surface area contributed by atoms with Gasteiger partial charge in [-0.15, -0.1) is 0 Å². The van der Waals surface area contributed by atoms with Crippen LogP contribution < -0.4 is 4.74 Å². The molecular formula is C14H21NO. The molecule has 0 aromatic heterocycles.